The van der Waals surface area contributed by atoms with E-state index in [1.807, 2.05) is 0 Å². The summed E-state index contributed by atoms with van der Waals surface area (Å²) >= 11 is 0. The zero-order chi connectivity index (χ0) is 13.1. The number of nitrogens with one attached hydrogen (secondary N) is 1. The lowest BCUT2D eigenvalue weighted by Crippen LogP contribution is -2.25. The Balaban J connectivity index is 2.99. The van der Waals surface area contributed by atoms with Crippen LogP contribution in [-0.4, -0.2) is 22.1 Å². The number of sulfonamides is 1. The highest BCUT2D eigenvalue weighted by atomic mass is 32.2. The molecule has 0 bridgehead atoms. The summed E-state index contributed by atoms with van der Waals surface area (Å²) in [6, 6.07) is 3.47. The summed E-state index contributed by atoms with van der Waals surface area (Å²) in [6.45, 7) is 5.39. The maximum absolute atomic E-state index is 13.3. The van der Waals surface area contributed by atoms with Gasteiger partial charge in [0.2, 0.25) is 10.0 Å². The molecule has 0 fully saturated rings. The summed E-state index contributed by atoms with van der Waals surface area (Å²) in [5.41, 5.74) is 0.669. The Morgan fingerprint density at radius 3 is 2.65 bits per heavy atom. The number of methoxy groups -OCH3 is 1. The second-order valence-electron chi connectivity index (χ2n) is 3.58. The van der Waals surface area contributed by atoms with Gasteiger partial charge in [-0.15, -0.1) is 0 Å². The van der Waals surface area contributed by atoms with Gasteiger partial charge in [-0.2, -0.15) is 0 Å². The molecular formula is C11H14FNO3S. The van der Waals surface area contributed by atoms with E-state index < -0.39 is 15.8 Å². The first-order valence-corrected chi connectivity index (χ1v) is 6.32. The minimum atomic E-state index is -3.71. The Kier molecular flexibility index (Phi) is 4.25. The van der Waals surface area contributed by atoms with Crippen LogP contribution in [0.2, 0.25) is 0 Å². The number of ether oxygens (including phenoxy) is 1. The van der Waals surface area contributed by atoms with E-state index in [0.717, 1.165) is 6.07 Å². The summed E-state index contributed by atoms with van der Waals surface area (Å²) < 4.78 is 43.8. The van der Waals surface area contributed by atoms with Crippen LogP contribution in [0.4, 0.5) is 4.39 Å². The highest BCUT2D eigenvalue weighted by Gasteiger charge is 2.15. The lowest BCUT2D eigenvalue weighted by atomic mass is 10.3. The fourth-order valence-electron chi connectivity index (χ4n) is 1.12. The molecule has 1 aromatic carbocycles. The van der Waals surface area contributed by atoms with Crippen molar-refractivity contribution in [2.24, 2.45) is 0 Å². The second-order valence-corrected chi connectivity index (χ2v) is 5.34. The SMILES string of the molecule is C=C(C)CNS(=O)(=O)c1ccc(OC)c(F)c1. The Morgan fingerprint density at radius 2 is 2.18 bits per heavy atom. The van der Waals surface area contributed by atoms with Crippen LogP contribution in [0.15, 0.2) is 35.2 Å². The van der Waals surface area contributed by atoms with E-state index in [-0.39, 0.29) is 17.2 Å². The van der Waals surface area contributed by atoms with Crippen LogP contribution in [0, 0.1) is 5.82 Å². The lowest BCUT2D eigenvalue weighted by Gasteiger charge is -2.08. The number of hydrogen-bond acceptors (Lipinski definition) is 3. The van der Waals surface area contributed by atoms with Gasteiger partial charge in [0.05, 0.1) is 12.0 Å². The van der Waals surface area contributed by atoms with Crippen LogP contribution in [0.1, 0.15) is 6.92 Å². The van der Waals surface area contributed by atoms with Crippen molar-refractivity contribution in [2.75, 3.05) is 13.7 Å². The predicted molar refractivity (Wildman–Crippen MR) is 63.0 cm³/mol. The van der Waals surface area contributed by atoms with Crippen LogP contribution in [0.5, 0.6) is 5.75 Å². The predicted octanol–water partition coefficient (Wildman–Crippen LogP) is 1.69. The van der Waals surface area contributed by atoms with Gasteiger partial charge in [-0.1, -0.05) is 12.2 Å². The molecule has 94 valence electrons. The molecule has 0 radical (unpaired) electrons. The molecule has 6 heteroatoms. The number of benzene rings is 1. The maximum atomic E-state index is 13.3. The summed E-state index contributed by atoms with van der Waals surface area (Å²) in [4.78, 5) is -0.142. The lowest BCUT2D eigenvalue weighted by molar-refractivity contribution is 0.385. The number of hydrogen-bond donors (Lipinski definition) is 1. The van der Waals surface area contributed by atoms with Gasteiger partial charge in [0.15, 0.2) is 11.6 Å². The van der Waals surface area contributed by atoms with E-state index in [1.165, 1.54) is 19.2 Å². The monoisotopic (exact) mass is 259 g/mol. The van der Waals surface area contributed by atoms with Gasteiger partial charge >= 0.3 is 0 Å². The molecule has 1 N–H and O–H groups in total. The number of halogens is 1. The molecule has 0 heterocycles. The van der Waals surface area contributed by atoms with Crippen molar-refractivity contribution >= 4 is 10.0 Å². The Hall–Kier alpha value is -1.40. The molecular weight excluding hydrogens is 245 g/mol. The first-order chi connectivity index (χ1) is 7.86. The average Bonchev–Trinajstić information content (AvgIpc) is 2.26. The summed E-state index contributed by atoms with van der Waals surface area (Å²) in [5.74, 6) is -0.713. The number of rotatable bonds is 5. The fourth-order valence-corrected chi connectivity index (χ4v) is 2.22. The largest absolute Gasteiger partial charge is 0.494 e. The van der Waals surface area contributed by atoms with Crippen molar-refractivity contribution in [3.05, 3.63) is 36.2 Å². The third-order valence-corrected chi connectivity index (χ3v) is 3.40. The van der Waals surface area contributed by atoms with E-state index in [0.29, 0.717) is 5.57 Å². The van der Waals surface area contributed by atoms with Gasteiger partial charge in [0.1, 0.15) is 0 Å². The van der Waals surface area contributed by atoms with E-state index in [9.17, 15) is 12.8 Å². The van der Waals surface area contributed by atoms with Crippen molar-refractivity contribution < 1.29 is 17.5 Å². The van der Waals surface area contributed by atoms with E-state index in [4.69, 9.17) is 4.74 Å². The highest BCUT2D eigenvalue weighted by Crippen LogP contribution is 2.20. The van der Waals surface area contributed by atoms with Gasteiger partial charge in [-0.05, 0) is 25.1 Å². The molecule has 1 rings (SSSR count). The molecule has 0 aromatic heterocycles. The first-order valence-electron chi connectivity index (χ1n) is 4.84. The van der Waals surface area contributed by atoms with E-state index in [1.54, 1.807) is 6.92 Å². The Morgan fingerprint density at radius 1 is 1.53 bits per heavy atom. The summed E-state index contributed by atoms with van der Waals surface area (Å²) in [5, 5.41) is 0. The van der Waals surface area contributed by atoms with Crippen molar-refractivity contribution in [1.82, 2.24) is 4.72 Å². The van der Waals surface area contributed by atoms with Gasteiger partial charge < -0.3 is 4.74 Å². The molecule has 0 aliphatic carbocycles. The normalized spacial score (nSPS) is 11.2. The van der Waals surface area contributed by atoms with Gasteiger partial charge in [0.25, 0.3) is 0 Å². The van der Waals surface area contributed by atoms with Crippen molar-refractivity contribution in [2.45, 2.75) is 11.8 Å². The van der Waals surface area contributed by atoms with Crippen LogP contribution in [-0.2, 0) is 10.0 Å². The summed E-state index contributed by atoms with van der Waals surface area (Å²) in [7, 11) is -2.40. The molecule has 0 saturated heterocycles. The molecule has 0 amide bonds. The van der Waals surface area contributed by atoms with Crippen molar-refractivity contribution in [3.63, 3.8) is 0 Å². The molecule has 0 spiro atoms. The van der Waals surface area contributed by atoms with E-state index in [2.05, 4.69) is 11.3 Å². The molecule has 0 atom stereocenters. The van der Waals surface area contributed by atoms with Gasteiger partial charge in [0, 0.05) is 6.54 Å². The molecule has 4 nitrogen and oxygen atoms in total. The topological polar surface area (TPSA) is 55.4 Å². The van der Waals surface area contributed by atoms with Crippen molar-refractivity contribution in [3.8, 4) is 5.75 Å². The first kappa shape index (κ1) is 13.7. The van der Waals surface area contributed by atoms with Crippen LogP contribution in [0.25, 0.3) is 0 Å². The van der Waals surface area contributed by atoms with Gasteiger partial charge in [-0.25, -0.2) is 17.5 Å². The molecule has 0 aliphatic heterocycles. The highest BCUT2D eigenvalue weighted by molar-refractivity contribution is 7.89. The zero-order valence-corrected chi connectivity index (χ0v) is 10.5. The van der Waals surface area contributed by atoms with Crippen LogP contribution >= 0.6 is 0 Å². The Bertz CT molecular complexity index is 526. The fraction of sp³-hybridized carbons (Fsp3) is 0.273. The molecule has 1 aromatic rings. The van der Waals surface area contributed by atoms with Gasteiger partial charge in [-0.3, -0.25) is 0 Å². The summed E-state index contributed by atoms with van der Waals surface area (Å²) in [6.07, 6.45) is 0. The van der Waals surface area contributed by atoms with Crippen LogP contribution in [0.3, 0.4) is 0 Å². The standard InChI is InChI=1S/C11H14FNO3S/c1-8(2)7-13-17(14,15)9-4-5-11(16-3)10(12)6-9/h4-6,13H,1,7H2,2-3H3. The smallest absolute Gasteiger partial charge is 0.240 e. The second kappa shape index (κ2) is 5.29. The maximum Gasteiger partial charge on any atom is 0.240 e. The molecule has 0 unspecified atom stereocenters. The molecule has 0 saturated carbocycles. The van der Waals surface area contributed by atoms with Crippen LogP contribution < -0.4 is 9.46 Å². The third-order valence-electron chi connectivity index (χ3n) is 2.00. The minimum Gasteiger partial charge on any atom is -0.494 e. The average molecular weight is 259 g/mol. The minimum absolute atomic E-state index is 0.00357. The molecule has 0 aliphatic rings. The Labute approximate surface area is 100 Å². The zero-order valence-electron chi connectivity index (χ0n) is 9.66. The van der Waals surface area contributed by atoms with Crippen molar-refractivity contribution in [1.29, 1.82) is 0 Å². The third kappa shape index (κ3) is 3.54. The quantitative estimate of drug-likeness (QED) is 0.819. The molecule has 17 heavy (non-hydrogen) atoms. The van der Waals surface area contributed by atoms with E-state index >= 15 is 0 Å².